The zero-order valence-electron chi connectivity index (χ0n) is 20.4. The molecular formula is C24H49KO4S. The summed E-state index contributed by atoms with van der Waals surface area (Å²) in [4.78, 5) is 0. The van der Waals surface area contributed by atoms with Crippen molar-refractivity contribution in [2.24, 2.45) is 0 Å². The number of rotatable bonds is 22. The van der Waals surface area contributed by atoms with Gasteiger partial charge in [-0.25, -0.2) is 8.42 Å². The first kappa shape index (κ1) is 33.7. The summed E-state index contributed by atoms with van der Waals surface area (Å²) >= 11 is 0. The van der Waals surface area contributed by atoms with Crippen molar-refractivity contribution in [2.45, 2.75) is 154 Å². The van der Waals surface area contributed by atoms with Crippen LogP contribution in [-0.4, -0.2) is 29.4 Å². The molecule has 0 aliphatic carbocycles. The van der Waals surface area contributed by atoms with E-state index in [9.17, 15) is 18.1 Å². The minimum Gasteiger partial charge on any atom is -0.748 e. The summed E-state index contributed by atoms with van der Waals surface area (Å²) in [5, 5.41) is 9.38. The molecule has 1 N–H and O–H groups in total. The summed E-state index contributed by atoms with van der Waals surface area (Å²) in [5.74, 6) is 0. The van der Waals surface area contributed by atoms with Gasteiger partial charge in [-0.2, -0.15) is 0 Å². The largest absolute Gasteiger partial charge is 1.00 e. The molecule has 6 heteroatoms. The molecule has 0 aromatic carbocycles. The molecule has 0 fully saturated rings. The fourth-order valence-corrected chi connectivity index (χ4v) is 4.91. The summed E-state index contributed by atoms with van der Waals surface area (Å²) in [6, 6.07) is 0. The first-order valence-corrected chi connectivity index (χ1v) is 14.0. The Morgan fingerprint density at radius 2 is 0.900 bits per heavy atom. The molecule has 2 unspecified atom stereocenters. The normalized spacial score (nSPS) is 13.7. The van der Waals surface area contributed by atoms with Crippen LogP contribution in [0.3, 0.4) is 0 Å². The second kappa shape index (κ2) is 23.7. The maximum Gasteiger partial charge on any atom is 1.00 e. The van der Waals surface area contributed by atoms with Gasteiger partial charge >= 0.3 is 51.4 Å². The third-order valence-corrected chi connectivity index (χ3v) is 7.28. The van der Waals surface area contributed by atoms with Crippen LogP contribution in [0.5, 0.6) is 0 Å². The van der Waals surface area contributed by atoms with Crippen LogP contribution in [0.15, 0.2) is 0 Å². The molecule has 0 aliphatic rings. The van der Waals surface area contributed by atoms with Crippen LogP contribution < -0.4 is 51.4 Å². The molecule has 0 bridgehead atoms. The second-order valence-electron chi connectivity index (χ2n) is 8.87. The average molecular weight is 473 g/mol. The van der Waals surface area contributed by atoms with Crippen molar-refractivity contribution in [1.29, 1.82) is 0 Å². The van der Waals surface area contributed by atoms with Gasteiger partial charge in [0.2, 0.25) is 0 Å². The molecule has 0 rings (SSSR count). The molecule has 176 valence electrons. The van der Waals surface area contributed by atoms with E-state index in [0.717, 1.165) is 70.6 Å². The second-order valence-corrected chi connectivity index (χ2v) is 10.5. The summed E-state index contributed by atoms with van der Waals surface area (Å²) in [6.45, 7) is 4.38. The summed E-state index contributed by atoms with van der Waals surface area (Å²) in [5.41, 5.74) is 0. The van der Waals surface area contributed by atoms with Gasteiger partial charge in [-0.05, 0) is 25.7 Å². The van der Waals surface area contributed by atoms with Gasteiger partial charge in [-0.1, -0.05) is 117 Å². The third-order valence-electron chi connectivity index (χ3n) is 5.99. The molecule has 0 amide bonds. The number of aliphatic hydroxyl groups excluding tert-OH is 1. The smallest absolute Gasteiger partial charge is 0.748 e. The monoisotopic (exact) mass is 472 g/mol. The molecule has 0 saturated heterocycles. The van der Waals surface area contributed by atoms with Crippen molar-refractivity contribution in [2.75, 3.05) is 0 Å². The zero-order chi connectivity index (χ0) is 21.8. The van der Waals surface area contributed by atoms with Crippen molar-refractivity contribution in [1.82, 2.24) is 0 Å². The van der Waals surface area contributed by atoms with Gasteiger partial charge in [-0.15, -0.1) is 0 Å². The molecule has 30 heavy (non-hydrogen) atoms. The number of unbranched alkanes of at least 4 members (excludes halogenated alkanes) is 13. The summed E-state index contributed by atoms with van der Waals surface area (Å²) < 4.78 is 34.4. The fraction of sp³-hybridized carbons (Fsp3) is 1.00. The van der Waals surface area contributed by atoms with Gasteiger partial charge in [0, 0.05) is 5.25 Å². The topological polar surface area (TPSA) is 77.4 Å². The van der Waals surface area contributed by atoms with Gasteiger partial charge in [0.15, 0.2) is 0 Å². The van der Waals surface area contributed by atoms with Gasteiger partial charge < -0.3 is 9.66 Å². The van der Waals surface area contributed by atoms with E-state index in [2.05, 4.69) is 13.8 Å². The molecule has 0 aromatic heterocycles. The van der Waals surface area contributed by atoms with Crippen LogP contribution in [0, 0.1) is 0 Å². The maximum absolute atomic E-state index is 11.5. The van der Waals surface area contributed by atoms with E-state index in [4.69, 9.17) is 0 Å². The zero-order valence-corrected chi connectivity index (χ0v) is 24.3. The minimum atomic E-state index is -4.17. The number of hydrogen-bond donors (Lipinski definition) is 1. The van der Waals surface area contributed by atoms with E-state index in [1.54, 1.807) is 0 Å². The van der Waals surface area contributed by atoms with E-state index < -0.39 is 15.4 Å². The number of aliphatic hydroxyl groups is 1. The van der Waals surface area contributed by atoms with E-state index in [0.29, 0.717) is 12.8 Å². The van der Waals surface area contributed by atoms with Crippen LogP contribution in [-0.2, 0) is 10.1 Å². The van der Waals surface area contributed by atoms with Gasteiger partial charge in [0.05, 0.1) is 16.2 Å². The van der Waals surface area contributed by atoms with E-state index in [-0.39, 0.29) is 57.5 Å². The van der Waals surface area contributed by atoms with E-state index in [1.807, 2.05) is 0 Å². The molecule has 0 radical (unpaired) electrons. The Labute approximate surface area is 230 Å². The van der Waals surface area contributed by atoms with Crippen molar-refractivity contribution in [3.8, 4) is 0 Å². The summed E-state index contributed by atoms with van der Waals surface area (Å²) in [7, 11) is -4.17. The number of hydrogen-bond acceptors (Lipinski definition) is 4. The maximum atomic E-state index is 11.5. The van der Waals surface area contributed by atoms with Crippen molar-refractivity contribution < 1.29 is 69.5 Å². The molecule has 0 aliphatic heterocycles. The van der Waals surface area contributed by atoms with Crippen LogP contribution in [0.1, 0.15) is 142 Å². The van der Waals surface area contributed by atoms with Crippen LogP contribution >= 0.6 is 0 Å². The standard InChI is InChI=1S/C24H50O4S.K/c1-3-5-7-9-10-12-15-19-23(25)20-16-13-14-18-22-24(29(26,27)28)21-17-11-8-6-4-2;/h23-25H,3-22H2,1-2H3,(H,26,27,28);/q;+1/p-1. The Hall–Kier alpha value is 1.51. The van der Waals surface area contributed by atoms with E-state index in [1.165, 1.54) is 44.9 Å². The molecule has 2 atom stereocenters. The molecular weight excluding hydrogens is 423 g/mol. The van der Waals surface area contributed by atoms with Gasteiger partial charge in [0.25, 0.3) is 0 Å². The predicted molar refractivity (Wildman–Crippen MR) is 123 cm³/mol. The van der Waals surface area contributed by atoms with E-state index >= 15 is 0 Å². The molecule has 0 saturated carbocycles. The first-order valence-electron chi connectivity index (χ1n) is 12.5. The predicted octanol–water partition coefficient (Wildman–Crippen LogP) is 4.11. The van der Waals surface area contributed by atoms with Crippen LogP contribution in [0.25, 0.3) is 0 Å². The SMILES string of the molecule is CCCCCCCCCC(O)CCCCCCC(CCCCCCC)S(=O)(=O)[O-].[K+]. The fourth-order valence-electron chi connectivity index (χ4n) is 4.00. The average Bonchev–Trinajstić information content (AvgIpc) is 2.67. The third kappa shape index (κ3) is 22.7. The first-order chi connectivity index (χ1) is 13.9. The summed E-state index contributed by atoms with van der Waals surface area (Å²) in [6.07, 6.45) is 20.6. The van der Waals surface area contributed by atoms with Crippen LogP contribution in [0.2, 0.25) is 0 Å². The molecule has 0 heterocycles. The van der Waals surface area contributed by atoms with Crippen molar-refractivity contribution >= 4 is 10.1 Å². The Balaban J connectivity index is 0. The van der Waals surface area contributed by atoms with Crippen molar-refractivity contribution in [3.63, 3.8) is 0 Å². The van der Waals surface area contributed by atoms with Crippen molar-refractivity contribution in [3.05, 3.63) is 0 Å². The van der Waals surface area contributed by atoms with Crippen LogP contribution in [0.4, 0.5) is 0 Å². The molecule has 0 aromatic rings. The van der Waals surface area contributed by atoms with Gasteiger partial charge in [-0.3, -0.25) is 0 Å². The Morgan fingerprint density at radius 1 is 0.600 bits per heavy atom. The van der Waals surface area contributed by atoms with Gasteiger partial charge in [0.1, 0.15) is 0 Å². The Morgan fingerprint density at radius 3 is 1.23 bits per heavy atom. The molecule has 0 spiro atoms. The quantitative estimate of drug-likeness (QED) is 0.146. The molecule has 4 nitrogen and oxygen atoms in total. The Kier molecular flexibility index (Phi) is 26.6. The Bertz CT molecular complexity index is 442. The minimum absolute atomic E-state index is 0.